The molecule has 0 atom stereocenters. The first-order chi connectivity index (χ1) is 9.47. The maximum Gasteiger partial charge on any atom is 0.185 e. The number of halogens is 4. The van der Waals surface area contributed by atoms with Crippen LogP contribution in [0.5, 0.6) is 0 Å². The lowest BCUT2D eigenvalue weighted by Crippen LogP contribution is -1.93. The Labute approximate surface area is 136 Å². The first kappa shape index (κ1) is 15.4. The van der Waals surface area contributed by atoms with Crippen molar-refractivity contribution in [2.45, 2.75) is 0 Å². The predicted octanol–water partition coefficient (Wildman–Crippen LogP) is 6.20. The molecule has 0 spiro atoms. The Hall–Kier alpha value is -0.990. The molecule has 5 heteroatoms. The molecule has 0 N–H and O–H groups in total. The van der Waals surface area contributed by atoms with Crippen molar-refractivity contribution in [3.8, 4) is 0 Å². The van der Waals surface area contributed by atoms with Gasteiger partial charge in [0.15, 0.2) is 5.78 Å². The second kappa shape index (κ2) is 6.64. The van der Waals surface area contributed by atoms with Crippen LogP contribution in [0.25, 0.3) is 6.08 Å². The molecule has 20 heavy (non-hydrogen) atoms. The van der Waals surface area contributed by atoms with Crippen LogP contribution >= 0.6 is 46.4 Å². The molecule has 2 aromatic carbocycles. The molecule has 0 bridgehead atoms. The predicted molar refractivity (Wildman–Crippen MR) is 86.3 cm³/mol. The van der Waals surface area contributed by atoms with Crippen LogP contribution < -0.4 is 0 Å². The number of hydrogen-bond donors (Lipinski definition) is 0. The van der Waals surface area contributed by atoms with Gasteiger partial charge in [0.25, 0.3) is 0 Å². The standard InChI is InChI=1S/C15H8Cl4O/c16-11-4-1-9(13(18)8-11)3-6-15(20)10-2-5-12(17)14(19)7-10/h1-8H/b6-3+. The number of ketones is 1. The highest BCUT2D eigenvalue weighted by Crippen LogP contribution is 2.24. The van der Waals surface area contributed by atoms with E-state index in [-0.39, 0.29) is 5.78 Å². The molecule has 0 fully saturated rings. The second-order valence-corrected chi connectivity index (χ2v) is 5.65. The van der Waals surface area contributed by atoms with Gasteiger partial charge in [-0.25, -0.2) is 0 Å². The summed E-state index contributed by atoms with van der Waals surface area (Å²) in [6, 6.07) is 9.79. The van der Waals surface area contributed by atoms with E-state index in [2.05, 4.69) is 0 Å². The molecule has 0 aliphatic rings. The number of hydrogen-bond acceptors (Lipinski definition) is 1. The molecular weight excluding hydrogens is 338 g/mol. The Morgan fingerprint density at radius 1 is 0.850 bits per heavy atom. The van der Waals surface area contributed by atoms with Crippen LogP contribution in [0.15, 0.2) is 42.5 Å². The van der Waals surface area contributed by atoms with E-state index in [0.29, 0.717) is 31.2 Å². The molecule has 2 aromatic rings. The van der Waals surface area contributed by atoms with Crippen molar-refractivity contribution in [3.05, 3.63) is 73.7 Å². The molecule has 0 amide bonds. The number of allylic oxidation sites excluding steroid dienone is 1. The number of benzene rings is 2. The average Bonchev–Trinajstić information content (AvgIpc) is 2.40. The quantitative estimate of drug-likeness (QED) is 0.478. The van der Waals surface area contributed by atoms with Gasteiger partial charge in [0.1, 0.15) is 0 Å². The highest BCUT2D eigenvalue weighted by Gasteiger charge is 2.05. The summed E-state index contributed by atoms with van der Waals surface area (Å²) >= 11 is 23.5. The van der Waals surface area contributed by atoms with E-state index in [9.17, 15) is 4.79 Å². The second-order valence-electron chi connectivity index (χ2n) is 3.99. The van der Waals surface area contributed by atoms with Gasteiger partial charge >= 0.3 is 0 Å². The maximum absolute atomic E-state index is 12.0. The first-order valence-electron chi connectivity index (χ1n) is 5.60. The maximum atomic E-state index is 12.0. The van der Waals surface area contributed by atoms with Gasteiger partial charge in [-0.15, -0.1) is 0 Å². The molecule has 0 radical (unpaired) electrons. The normalized spacial score (nSPS) is 11.0. The zero-order valence-corrected chi connectivity index (χ0v) is 13.1. The number of carbonyl (C=O) groups excluding carboxylic acids is 1. The summed E-state index contributed by atoms with van der Waals surface area (Å²) in [5.74, 6) is -0.186. The molecule has 0 heterocycles. The van der Waals surface area contributed by atoms with Gasteiger partial charge in [-0.3, -0.25) is 4.79 Å². The fraction of sp³-hybridized carbons (Fsp3) is 0. The highest BCUT2D eigenvalue weighted by molar-refractivity contribution is 6.42. The van der Waals surface area contributed by atoms with Crippen LogP contribution in [-0.4, -0.2) is 5.78 Å². The lowest BCUT2D eigenvalue weighted by molar-refractivity contribution is 0.104. The largest absolute Gasteiger partial charge is 0.289 e. The SMILES string of the molecule is O=C(/C=C/c1ccc(Cl)cc1Cl)c1ccc(Cl)c(Cl)c1. The Balaban J connectivity index is 2.22. The molecule has 102 valence electrons. The first-order valence-corrected chi connectivity index (χ1v) is 7.11. The smallest absolute Gasteiger partial charge is 0.185 e. The Morgan fingerprint density at radius 3 is 2.25 bits per heavy atom. The summed E-state index contributed by atoms with van der Waals surface area (Å²) in [5.41, 5.74) is 1.17. The van der Waals surface area contributed by atoms with Crippen molar-refractivity contribution in [3.63, 3.8) is 0 Å². The number of rotatable bonds is 3. The van der Waals surface area contributed by atoms with Crippen LogP contribution in [0.1, 0.15) is 15.9 Å². The van der Waals surface area contributed by atoms with Crippen molar-refractivity contribution in [1.29, 1.82) is 0 Å². The zero-order chi connectivity index (χ0) is 14.7. The van der Waals surface area contributed by atoms with E-state index in [1.807, 2.05) is 0 Å². The van der Waals surface area contributed by atoms with Gasteiger partial charge in [-0.05, 0) is 48.0 Å². The molecular formula is C15H8Cl4O. The third kappa shape index (κ3) is 3.77. The van der Waals surface area contributed by atoms with Gasteiger partial charge in [0.2, 0.25) is 0 Å². The van der Waals surface area contributed by atoms with Crippen molar-refractivity contribution < 1.29 is 4.79 Å². The summed E-state index contributed by atoms with van der Waals surface area (Å²) in [5, 5.41) is 1.78. The van der Waals surface area contributed by atoms with E-state index in [4.69, 9.17) is 46.4 Å². The average molecular weight is 346 g/mol. The van der Waals surface area contributed by atoms with Crippen LogP contribution in [0, 0.1) is 0 Å². The molecule has 0 aliphatic heterocycles. The fourth-order valence-electron chi connectivity index (χ4n) is 1.55. The Kier molecular flexibility index (Phi) is 5.11. The van der Waals surface area contributed by atoms with Gasteiger partial charge in [-0.2, -0.15) is 0 Å². The summed E-state index contributed by atoms with van der Waals surface area (Å²) < 4.78 is 0. The summed E-state index contributed by atoms with van der Waals surface area (Å²) in [4.78, 5) is 12.0. The highest BCUT2D eigenvalue weighted by atomic mass is 35.5. The third-order valence-corrected chi connectivity index (χ3v) is 3.88. The van der Waals surface area contributed by atoms with Crippen molar-refractivity contribution in [2.24, 2.45) is 0 Å². The van der Waals surface area contributed by atoms with Gasteiger partial charge < -0.3 is 0 Å². The minimum absolute atomic E-state index is 0.186. The zero-order valence-electron chi connectivity index (χ0n) is 10.0. The minimum Gasteiger partial charge on any atom is -0.289 e. The van der Waals surface area contributed by atoms with Crippen molar-refractivity contribution in [1.82, 2.24) is 0 Å². The molecule has 2 rings (SSSR count). The molecule has 0 unspecified atom stereocenters. The monoisotopic (exact) mass is 344 g/mol. The van der Waals surface area contributed by atoms with E-state index < -0.39 is 0 Å². The minimum atomic E-state index is -0.186. The van der Waals surface area contributed by atoms with Crippen molar-refractivity contribution >= 4 is 58.3 Å². The molecule has 0 saturated heterocycles. The third-order valence-electron chi connectivity index (χ3n) is 2.58. The summed E-state index contributed by atoms with van der Waals surface area (Å²) in [6.45, 7) is 0. The van der Waals surface area contributed by atoms with Crippen LogP contribution in [-0.2, 0) is 0 Å². The molecule has 1 nitrogen and oxygen atoms in total. The van der Waals surface area contributed by atoms with Gasteiger partial charge in [0, 0.05) is 15.6 Å². The lowest BCUT2D eigenvalue weighted by atomic mass is 10.1. The lowest BCUT2D eigenvalue weighted by Gasteiger charge is -2.00. The summed E-state index contributed by atoms with van der Waals surface area (Å²) in [7, 11) is 0. The fourth-order valence-corrected chi connectivity index (χ4v) is 2.32. The van der Waals surface area contributed by atoms with Gasteiger partial charge in [-0.1, -0.05) is 52.5 Å². The topological polar surface area (TPSA) is 17.1 Å². The Bertz CT molecular complexity index is 692. The van der Waals surface area contributed by atoms with Crippen LogP contribution in [0.4, 0.5) is 0 Å². The van der Waals surface area contributed by atoms with E-state index in [0.717, 1.165) is 0 Å². The Morgan fingerprint density at radius 2 is 1.60 bits per heavy atom. The van der Waals surface area contributed by atoms with E-state index in [1.54, 1.807) is 36.4 Å². The molecule has 0 aliphatic carbocycles. The van der Waals surface area contributed by atoms with E-state index in [1.165, 1.54) is 12.1 Å². The molecule has 0 saturated carbocycles. The summed E-state index contributed by atoms with van der Waals surface area (Å²) in [6.07, 6.45) is 3.05. The van der Waals surface area contributed by atoms with Crippen LogP contribution in [0.2, 0.25) is 20.1 Å². The van der Waals surface area contributed by atoms with Gasteiger partial charge in [0.05, 0.1) is 10.0 Å². The number of carbonyl (C=O) groups is 1. The van der Waals surface area contributed by atoms with Crippen molar-refractivity contribution in [2.75, 3.05) is 0 Å². The van der Waals surface area contributed by atoms with Crippen LogP contribution in [0.3, 0.4) is 0 Å². The van der Waals surface area contributed by atoms with E-state index >= 15 is 0 Å². The molecule has 0 aromatic heterocycles.